The molecule has 20 heavy (non-hydrogen) atoms. The number of aromatic amines is 1. The van der Waals surface area contributed by atoms with Gasteiger partial charge in [0.15, 0.2) is 1.41 Å². The fourth-order valence-corrected chi connectivity index (χ4v) is 2.22. The number of rotatable bonds is 6. The van der Waals surface area contributed by atoms with Crippen LogP contribution in [-0.2, 0) is 22.1 Å². The summed E-state index contributed by atoms with van der Waals surface area (Å²) in [6.07, 6.45) is 0.204. The molecule has 0 atom stereocenters. The first-order valence-corrected chi connectivity index (χ1v) is 7.56. The third kappa shape index (κ3) is 3.59. The van der Waals surface area contributed by atoms with Gasteiger partial charge in [0.25, 0.3) is 0 Å². The zero-order valence-corrected chi connectivity index (χ0v) is 12.4. The van der Waals surface area contributed by atoms with E-state index in [1.54, 1.807) is 0 Å². The molecule has 2 rings (SSSR count). The van der Waals surface area contributed by atoms with Crippen LogP contribution in [0.25, 0.3) is 10.9 Å². The maximum Gasteiger partial charge on any atom is 0.215 e. The van der Waals surface area contributed by atoms with Gasteiger partial charge in [-0.2, -0.15) is 0 Å². The zero-order chi connectivity index (χ0) is 20.0. The smallest absolute Gasteiger partial charge is 0.215 e. The minimum absolute atomic E-state index is 0.00448. The van der Waals surface area contributed by atoms with Crippen molar-refractivity contribution in [3.05, 3.63) is 35.5 Å². The van der Waals surface area contributed by atoms with E-state index >= 15 is 0 Å². The number of likely N-dealkylation sites (N-methyl/N-ethyl adjacent to an activating group) is 1. The lowest BCUT2D eigenvalue weighted by atomic mass is 10.1. The molecular weight excluding hydrogens is 274 g/mol. The number of fused-ring (bicyclic) bond motifs is 1. The third-order valence-corrected chi connectivity index (χ3v) is 3.84. The first kappa shape index (κ1) is 8.81. The Labute approximate surface area is 128 Å². The van der Waals surface area contributed by atoms with E-state index in [0.717, 1.165) is 12.0 Å². The lowest BCUT2D eigenvalue weighted by Crippen LogP contribution is -2.20. The number of benzene rings is 1. The minimum Gasteiger partial charge on any atom is -0.361 e. The maximum atomic E-state index is 12.1. The molecule has 0 saturated heterocycles. The van der Waals surface area contributed by atoms with E-state index in [4.69, 9.17) is 8.27 Å². The summed E-state index contributed by atoms with van der Waals surface area (Å²) < 4.78 is 74.3. The van der Waals surface area contributed by atoms with Gasteiger partial charge in [0, 0.05) is 26.4 Å². The summed E-state index contributed by atoms with van der Waals surface area (Å²) in [5, 5.41) is 0.248. The standard InChI is InChI=1S/C14H21N3O2S/c1-15-20(18,19)10-11-4-5-14-13(8-11)12(9-16-14)6-7-17(2)3/h4-5,8-9,15-16H,6-7,10H2,1-3H3/i4D,5D,9D,10D2/hD. The van der Waals surface area contributed by atoms with Crippen molar-refractivity contribution in [3.63, 3.8) is 0 Å². The highest BCUT2D eigenvalue weighted by atomic mass is 32.2. The van der Waals surface area contributed by atoms with Crippen LogP contribution in [0.5, 0.6) is 0 Å². The van der Waals surface area contributed by atoms with Crippen molar-refractivity contribution in [1.82, 2.24) is 14.6 Å². The molecule has 0 radical (unpaired) electrons. The molecule has 0 bridgehead atoms. The highest BCUT2D eigenvalue weighted by Crippen LogP contribution is 2.21. The predicted octanol–water partition coefficient (Wildman–Crippen LogP) is 1.32. The monoisotopic (exact) mass is 301 g/mol. The second kappa shape index (κ2) is 5.95. The highest BCUT2D eigenvalue weighted by molar-refractivity contribution is 7.88. The molecule has 0 aliphatic carbocycles. The number of nitrogens with one attached hydrogen (secondary N) is 2. The van der Waals surface area contributed by atoms with Crippen molar-refractivity contribution in [3.8, 4) is 0 Å². The summed E-state index contributed by atoms with van der Waals surface area (Å²) in [5.41, 5.74) is -3.01. The van der Waals surface area contributed by atoms with Crippen LogP contribution in [0.4, 0.5) is 0 Å². The molecule has 1 aromatic carbocycles. The van der Waals surface area contributed by atoms with Gasteiger partial charge in [0.1, 0.15) is 0 Å². The van der Waals surface area contributed by atoms with Gasteiger partial charge >= 0.3 is 0 Å². The molecular formula is C14H21N3O2S. The van der Waals surface area contributed by atoms with E-state index in [-0.39, 0.29) is 17.1 Å². The van der Waals surface area contributed by atoms with Gasteiger partial charge in [-0.1, -0.05) is 6.04 Å². The van der Waals surface area contributed by atoms with Crippen LogP contribution in [0.15, 0.2) is 24.3 Å². The van der Waals surface area contributed by atoms with Crippen LogP contribution >= 0.6 is 0 Å². The fourth-order valence-electron chi connectivity index (χ4n) is 1.72. The highest BCUT2D eigenvalue weighted by Gasteiger charge is 2.11. The molecule has 2 N–H and O–H groups in total. The van der Waals surface area contributed by atoms with Crippen LogP contribution in [0.2, 0.25) is 1.41 Å². The molecule has 0 spiro atoms. The SMILES string of the molecule is [2H]c1c(C([2H])([2H])S(=O)(=O)NC)cc2c(CCN(C)C)c([2H])n([2H])c2c1[2H]. The Bertz CT molecular complexity index is 956. The fraction of sp³-hybridized carbons (Fsp3) is 0.429. The lowest BCUT2D eigenvalue weighted by Gasteiger charge is -2.08. The van der Waals surface area contributed by atoms with Crippen LogP contribution < -0.4 is 4.72 Å². The number of hydrogen-bond donors (Lipinski definition) is 2. The number of hydrogen-bond acceptors (Lipinski definition) is 3. The van der Waals surface area contributed by atoms with E-state index in [9.17, 15) is 8.42 Å². The molecule has 110 valence electrons. The molecule has 1 aromatic heterocycles. The zero-order valence-electron chi connectivity index (χ0n) is 17.6. The molecule has 0 aliphatic heterocycles. The van der Waals surface area contributed by atoms with Gasteiger partial charge in [-0.3, -0.25) is 0 Å². The molecule has 0 saturated carbocycles. The molecule has 0 unspecified atom stereocenters. The second-order valence-corrected chi connectivity index (χ2v) is 6.25. The minimum atomic E-state index is -4.43. The van der Waals surface area contributed by atoms with Crippen molar-refractivity contribution in [2.45, 2.75) is 12.1 Å². The Morgan fingerprint density at radius 3 is 2.90 bits per heavy atom. The summed E-state index contributed by atoms with van der Waals surface area (Å²) in [6, 6.07) is 0.0809. The van der Waals surface area contributed by atoms with Gasteiger partial charge in [0.05, 0.1) is 9.82 Å². The Morgan fingerprint density at radius 1 is 1.50 bits per heavy atom. The first-order chi connectivity index (χ1) is 11.9. The Kier molecular flexibility index (Phi) is 2.62. The number of aromatic nitrogens is 1. The summed E-state index contributed by atoms with van der Waals surface area (Å²) in [6.45, 7) is 0.554. The van der Waals surface area contributed by atoms with Crippen LogP contribution in [-0.4, -0.2) is 46.0 Å². The van der Waals surface area contributed by atoms with Crippen molar-refractivity contribution in [1.29, 1.82) is 0 Å². The van der Waals surface area contributed by atoms with Crippen LogP contribution in [0, 0.1) is 0 Å². The second-order valence-electron chi connectivity index (χ2n) is 4.64. The Hall–Kier alpha value is -1.37. The molecule has 0 aliphatic rings. The Balaban J connectivity index is 2.84. The third-order valence-electron chi connectivity index (χ3n) is 2.81. The van der Waals surface area contributed by atoms with Gasteiger partial charge in [-0.05, 0) is 50.8 Å². The molecule has 0 amide bonds. The van der Waals surface area contributed by atoms with E-state index in [0.29, 0.717) is 18.5 Å². The van der Waals surface area contributed by atoms with E-state index in [2.05, 4.69) is 0 Å². The lowest BCUT2D eigenvalue weighted by molar-refractivity contribution is 0.414. The average molecular weight is 301 g/mol. The summed E-state index contributed by atoms with van der Waals surface area (Å²) in [4.78, 5) is 2.60. The number of sulfonamides is 1. The molecule has 6 heteroatoms. The van der Waals surface area contributed by atoms with Gasteiger partial charge in [0.2, 0.25) is 10.0 Å². The molecule has 5 nitrogen and oxygen atoms in total. The predicted molar refractivity (Wildman–Crippen MR) is 82.2 cm³/mol. The first-order valence-electron chi connectivity index (χ1n) is 9.03. The quantitative estimate of drug-likeness (QED) is 0.846. The summed E-state index contributed by atoms with van der Waals surface area (Å²) >= 11 is 0. The largest absolute Gasteiger partial charge is 0.361 e. The van der Waals surface area contributed by atoms with Crippen molar-refractivity contribution >= 4 is 20.9 Å². The summed E-state index contributed by atoms with van der Waals surface area (Å²) in [5.74, 6) is 0. The van der Waals surface area contributed by atoms with Crippen molar-refractivity contribution in [2.75, 3.05) is 27.7 Å². The topological polar surface area (TPSA) is 65.2 Å². The van der Waals surface area contributed by atoms with E-state index in [1.165, 1.54) is 6.07 Å². The van der Waals surface area contributed by atoms with Gasteiger partial charge in [-0.25, -0.2) is 13.1 Å². The summed E-state index contributed by atoms with van der Waals surface area (Å²) in [7, 11) is 0.318. The molecule has 1 heterocycles. The molecule has 0 fully saturated rings. The van der Waals surface area contributed by atoms with Crippen LogP contribution in [0.3, 0.4) is 0 Å². The van der Waals surface area contributed by atoms with Gasteiger partial charge < -0.3 is 9.88 Å². The van der Waals surface area contributed by atoms with Crippen molar-refractivity contribution < 1.29 is 16.7 Å². The number of H-pyrrole nitrogens is 1. The van der Waals surface area contributed by atoms with Crippen molar-refractivity contribution in [2.24, 2.45) is 0 Å². The molecule has 2 aromatic rings. The maximum absolute atomic E-state index is 12.1. The Morgan fingerprint density at radius 2 is 2.25 bits per heavy atom. The van der Waals surface area contributed by atoms with E-state index < -0.39 is 33.4 Å². The van der Waals surface area contributed by atoms with E-state index in [1.807, 2.05) is 23.7 Å². The van der Waals surface area contributed by atoms with Gasteiger partial charge in [-0.15, -0.1) is 0 Å². The number of nitrogens with zero attached hydrogens (tertiary/aromatic N) is 1. The van der Waals surface area contributed by atoms with Crippen LogP contribution in [0.1, 0.15) is 18.0 Å². The normalized spacial score (nSPS) is 17.4. The average Bonchev–Trinajstić information content (AvgIpc) is 2.79.